The molecule has 0 saturated heterocycles. The molecule has 2 aromatic carbocycles. The first-order chi connectivity index (χ1) is 10.9. The van der Waals surface area contributed by atoms with E-state index in [0.717, 1.165) is 27.0 Å². The smallest absolute Gasteiger partial charge is 0.138 e. The zero-order valence-corrected chi connectivity index (χ0v) is 15.4. The number of anilines is 1. The van der Waals surface area contributed by atoms with Crippen LogP contribution in [-0.4, -0.2) is 9.97 Å². The van der Waals surface area contributed by atoms with Crippen molar-refractivity contribution in [2.75, 3.05) is 5.32 Å². The molecule has 0 bridgehead atoms. The number of aromatic nitrogens is 2. The van der Waals surface area contributed by atoms with E-state index < -0.39 is 0 Å². The third-order valence-corrected chi connectivity index (χ3v) is 4.84. The topological polar surface area (TPSA) is 37.8 Å². The van der Waals surface area contributed by atoms with Gasteiger partial charge in [-0.05, 0) is 51.0 Å². The largest absolute Gasteiger partial charge is 0.363 e. The Hall–Kier alpha value is -1.94. The number of nitrogens with zero attached hydrogens (tertiary/aromatic N) is 2. The van der Waals surface area contributed by atoms with Crippen LogP contribution in [0.25, 0.3) is 10.9 Å². The number of rotatable bonds is 3. The molecule has 0 aliphatic rings. The molecule has 0 spiro atoms. The third-order valence-electron chi connectivity index (χ3n) is 3.98. The summed E-state index contributed by atoms with van der Waals surface area (Å²) in [5.74, 6) is 1.65. The summed E-state index contributed by atoms with van der Waals surface area (Å²) in [6.45, 7) is 8.27. The van der Waals surface area contributed by atoms with Crippen LogP contribution in [0.1, 0.15) is 35.5 Å². The van der Waals surface area contributed by atoms with Crippen molar-refractivity contribution in [1.82, 2.24) is 9.97 Å². The molecule has 0 aliphatic carbocycles. The zero-order valence-electron chi connectivity index (χ0n) is 13.8. The number of halogens is 1. The summed E-state index contributed by atoms with van der Waals surface area (Å²) in [5, 5.41) is 4.58. The highest BCUT2D eigenvalue weighted by Gasteiger charge is 2.12. The average molecular weight is 370 g/mol. The maximum Gasteiger partial charge on any atom is 0.138 e. The molecule has 0 radical (unpaired) electrons. The Balaban J connectivity index is 2.03. The lowest BCUT2D eigenvalue weighted by molar-refractivity contribution is 0.870. The van der Waals surface area contributed by atoms with E-state index in [1.54, 1.807) is 0 Å². The molecule has 0 amide bonds. The first-order valence-corrected chi connectivity index (χ1v) is 8.51. The van der Waals surface area contributed by atoms with Crippen LogP contribution in [0.5, 0.6) is 0 Å². The lowest BCUT2D eigenvalue weighted by Crippen LogP contribution is -2.09. The van der Waals surface area contributed by atoms with Gasteiger partial charge in [0.1, 0.15) is 11.6 Å². The van der Waals surface area contributed by atoms with E-state index in [1.807, 2.05) is 6.92 Å². The number of hydrogen-bond donors (Lipinski definition) is 1. The van der Waals surface area contributed by atoms with E-state index in [1.165, 1.54) is 16.7 Å². The zero-order chi connectivity index (χ0) is 16.6. The SMILES string of the molecule is Cc1cccc([C@@H](C)Nc2nc(C)nc3cc(C)c(Br)cc23)c1. The second-order valence-electron chi connectivity index (χ2n) is 6.02. The Labute approximate surface area is 145 Å². The molecule has 23 heavy (non-hydrogen) atoms. The van der Waals surface area contributed by atoms with Gasteiger partial charge < -0.3 is 5.32 Å². The van der Waals surface area contributed by atoms with Crippen LogP contribution < -0.4 is 5.32 Å². The van der Waals surface area contributed by atoms with Gasteiger partial charge in [-0.1, -0.05) is 45.8 Å². The van der Waals surface area contributed by atoms with Gasteiger partial charge in [0, 0.05) is 15.9 Å². The summed E-state index contributed by atoms with van der Waals surface area (Å²) in [6.07, 6.45) is 0. The molecule has 0 fully saturated rings. The molecule has 1 heterocycles. The quantitative estimate of drug-likeness (QED) is 0.662. The minimum Gasteiger partial charge on any atom is -0.363 e. The Morgan fingerprint density at radius 3 is 2.57 bits per heavy atom. The van der Waals surface area contributed by atoms with Gasteiger partial charge in [-0.2, -0.15) is 0 Å². The second kappa shape index (κ2) is 6.28. The molecule has 0 saturated carbocycles. The van der Waals surface area contributed by atoms with Crippen LogP contribution in [0.15, 0.2) is 40.9 Å². The minimum atomic E-state index is 0.174. The van der Waals surface area contributed by atoms with Crippen LogP contribution in [0.3, 0.4) is 0 Å². The van der Waals surface area contributed by atoms with E-state index in [-0.39, 0.29) is 6.04 Å². The maximum atomic E-state index is 4.62. The Morgan fingerprint density at radius 1 is 1.04 bits per heavy atom. The highest BCUT2D eigenvalue weighted by Crippen LogP contribution is 2.29. The first kappa shape index (κ1) is 15.9. The molecule has 118 valence electrons. The van der Waals surface area contributed by atoms with Crippen molar-refractivity contribution in [3.05, 3.63) is 63.4 Å². The van der Waals surface area contributed by atoms with Crippen molar-refractivity contribution in [2.24, 2.45) is 0 Å². The molecular weight excluding hydrogens is 350 g/mol. The molecule has 3 aromatic rings. The van der Waals surface area contributed by atoms with Crippen molar-refractivity contribution in [2.45, 2.75) is 33.7 Å². The monoisotopic (exact) mass is 369 g/mol. The Bertz CT molecular complexity index is 874. The standard InChI is InChI=1S/C19H20BrN3/c1-11-6-5-7-15(8-11)13(3)21-19-16-10-17(20)12(2)9-18(16)22-14(4)23-19/h5-10,13H,1-4H3,(H,21,22,23)/t13-/m1/s1. The van der Waals surface area contributed by atoms with E-state index in [2.05, 4.69) is 88.4 Å². The molecule has 3 nitrogen and oxygen atoms in total. The van der Waals surface area contributed by atoms with Crippen LogP contribution in [0.2, 0.25) is 0 Å². The van der Waals surface area contributed by atoms with Crippen LogP contribution in [0, 0.1) is 20.8 Å². The predicted molar refractivity (Wildman–Crippen MR) is 99.9 cm³/mol. The molecule has 1 N–H and O–H groups in total. The van der Waals surface area contributed by atoms with Crippen LogP contribution in [-0.2, 0) is 0 Å². The van der Waals surface area contributed by atoms with Crippen molar-refractivity contribution in [1.29, 1.82) is 0 Å². The number of benzene rings is 2. The summed E-state index contributed by atoms with van der Waals surface area (Å²) < 4.78 is 1.07. The van der Waals surface area contributed by atoms with Gasteiger partial charge in [0.15, 0.2) is 0 Å². The average Bonchev–Trinajstić information content (AvgIpc) is 2.49. The molecule has 0 unspecified atom stereocenters. The highest BCUT2D eigenvalue weighted by molar-refractivity contribution is 9.10. The highest BCUT2D eigenvalue weighted by atomic mass is 79.9. The Morgan fingerprint density at radius 2 is 1.83 bits per heavy atom. The number of aryl methyl sites for hydroxylation is 3. The lowest BCUT2D eigenvalue weighted by atomic mass is 10.1. The van der Waals surface area contributed by atoms with Gasteiger partial charge in [0.25, 0.3) is 0 Å². The van der Waals surface area contributed by atoms with Crippen molar-refractivity contribution >= 4 is 32.7 Å². The minimum absolute atomic E-state index is 0.174. The third kappa shape index (κ3) is 3.37. The lowest BCUT2D eigenvalue weighted by Gasteiger charge is -2.17. The molecule has 1 atom stereocenters. The predicted octanol–water partition coefficient (Wildman–Crippen LogP) is 5.49. The van der Waals surface area contributed by atoms with Gasteiger partial charge in [0.05, 0.1) is 5.52 Å². The molecular formula is C19H20BrN3. The number of fused-ring (bicyclic) bond motifs is 1. The fourth-order valence-electron chi connectivity index (χ4n) is 2.71. The first-order valence-electron chi connectivity index (χ1n) is 7.71. The fourth-order valence-corrected chi connectivity index (χ4v) is 3.05. The van der Waals surface area contributed by atoms with Gasteiger partial charge in [-0.15, -0.1) is 0 Å². The Kier molecular flexibility index (Phi) is 4.35. The summed E-state index contributed by atoms with van der Waals surface area (Å²) in [5.41, 5.74) is 4.66. The normalized spacial score (nSPS) is 12.4. The maximum absolute atomic E-state index is 4.62. The van der Waals surface area contributed by atoms with Crippen molar-refractivity contribution in [3.63, 3.8) is 0 Å². The van der Waals surface area contributed by atoms with Gasteiger partial charge in [0.2, 0.25) is 0 Å². The van der Waals surface area contributed by atoms with E-state index in [9.17, 15) is 0 Å². The van der Waals surface area contributed by atoms with Crippen molar-refractivity contribution < 1.29 is 0 Å². The summed E-state index contributed by atoms with van der Waals surface area (Å²) in [6, 6.07) is 12.9. The van der Waals surface area contributed by atoms with Crippen molar-refractivity contribution in [3.8, 4) is 0 Å². The summed E-state index contributed by atoms with van der Waals surface area (Å²) >= 11 is 3.61. The summed E-state index contributed by atoms with van der Waals surface area (Å²) in [7, 11) is 0. The molecule has 4 heteroatoms. The molecule has 3 rings (SSSR count). The fraction of sp³-hybridized carbons (Fsp3) is 0.263. The van der Waals surface area contributed by atoms with E-state index in [4.69, 9.17) is 0 Å². The van der Waals surface area contributed by atoms with E-state index in [0.29, 0.717) is 0 Å². The summed E-state index contributed by atoms with van der Waals surface area (Å²) in [4.78, 5) is 9.18. The number of nitrogens with one attached hydrogen (secondary N) is 1. The number of hydrogen-bond acceptors (Lipinski definition) is 3. The van der Waals surface area contributed by atoms with Crippen LogP contribution in [0.4, 0.5) is 5.82 Å². The second-order valence-corrected chi connectivity index (χ2v) is 6.87. The molecule has 0 aliphatic heterocycles. The van der Waals surface area contributed by atoms with E-state index >= 15 is 0 Å². The van der Waals surface area contributed by atoms with Gasteiger partial charge in [-0.3, -0.25) is 0 Å². The van der Waals surface area contributed by atoms with Gasteiger partial charge in [-0.25, -0.2) is 9.97 Å². The molecule has 1 aromatic heterocycles. The van der Waals surface area contributed by atoms with Crippen LogP contribution >= 0.6 is 15.9 Å². The van der Waals surface area contributed by atoms with Gasteiger partial charge >= 0.3 is 0 Å².